The minimum absolute atomic E-state index is 0.0642. The van der Waals surface area contributed by atoms with Crippen molar-refractivity contribution in [2.75, 3.05) is 19.1 Å². The molecule has 0 saturated carbocycles. The number of aliphatic hydroxyl groups is 1. The topological polar surface area (TPSA) is 145 Å². The van der Waals surface area contributed by atoms with Crippen molar-refractivity contribution in [2.24, 2.45) is 0 Å². The van der Waals surface area contributed by atoms with Gasteiger partial charge in [-0.05, 0) is 42.8 Å². The smallest absolute Gasteiger partial charge is 0.301 e. The van der Waals surface area contributed by atoms with Gasteiger partial charge in [-0.2, -0.15) is 0 Å². The van der Waals surface area contributed by atoms with Gasteiger partial charge in [0.2, 0.25) is 0 Å². The van der Waals surface area contributed by atoms with E-state index in [-0.39, 0.29) is 22.6 Å². The van der Waals surface area contributed by atoms with Crippen LogP contribution in [0.4, 0.5) is 11.5 Å². The van der Waals surface area contributed by atoms with E-state index in [2.05, 4.69) is 5.16 Å². The van der Waals surface area contributed by atoms with Crippen molar-refractivity contribution >= 4 is 29.0 Å². The molecule has 11 heteroatoms. The summed E-state index contributed by atoms with van der Waals surface area (Å²) < 4.78 is 15.6. The van der Waals surface area contributed by atoms with Crippen molar-refractivity contribution in [1.82, 2.24) is 5.16 Å². The third-order valence-corrected chi connectivity index (χ3v) is 5.38. The third kappa shape index (κ3) is 3.72. The molecule has 2 aromatic carbocycles. The second-order valence-corrected chi connectivity index (χ2v) is 7.38. The number of nitrogens with zero attached hydrogens (tertiary/aromatic N) is 3. The van der Waals surface area contributed by atoms with E-state index < -0.39 is 28.4 Å². The van der Waals surface area contributed by atoms with Crippen molar-refractivity contribution in [3.8, 4) is 11.5 Å². The molecular weight excluding hydrogens is 446 g/mol. The molecule has 0 aliphatic carbocycles. The molecule has 1 aromatic heterocycles. The molecule has 174 valence electrons. The molecule has 1 aliphatic rings. The number of aromatic nitrogens is 1. The molecule has 1 aliphatic heterocycles. The number of hydrogen-bond acceptors (Lipinski definition) is 9. The predicted molar refractivity (Wildman–Crippen MR) is 119 cm³/mol. The zero-order valence-electron chi connectivity index (χ0n) is 18.3. The number of aliphatic hydroxyl groups excluding tert-OH is 1. The number of nitro groups is 1. The van der Waals surface area contributed by atoms with Crippen molar-refractivity contribution in [1.29, 1.82) is 0 Å². The van der Waals surface area contributed by atoms with Crippen LogP contribution in [0.1, 0.15) is 22.9 Å². The van der Waals surface area contributed by atoms with E-state index in [0.717, 1.165) is 4.90 Å². The number of ether oxygens (including phenoxy) is 2. The Labute approximate surface area is 192 Å². The van der Waals surface area contributed by atoms with Gasteiger partial charge in [0.05, 0.1) is 30.8 Å². The minimum Gasteiger partial charge on any atom is -0.507 e. The number of benzene rings is 2. The lowest BCUT2D eigenvalue weighted by Crippen LogP contribution is -2.29. The fourth-order valence-corrected chi connectivity index (χ4v) is 3.77. The number of ketones is 1. The van der Waals surface area contributed by atoms with Crippen LogP contribution >= 0.6 is 0 Å². The number of aryl methyl sites for hydroxylation is 1. The van der Waals surface area contributed by atoms with Crippen LogP contribution in [0, 0.1) is 17.0 Å². The van der Waals surface area contributed by atoms with E-state index in [1.807, 2.05) is 0 Å². The SMILES string of the molecule is COc1ccc(C(O)=C2C(=O)C(=O)N(c3cc(C)on3)C2c2ccc([N+](=O)[O-])cc2)cc1OC. The zero-order valence-corrected chi connectivity index (χ0v) is 18.3. The number of carbonyl (C=O) groups is 2. The van der Waals surface area contributed by atoms with Crippen molar-refractivity contribution < 1.29 is 33.6 Å². The fourth-order valence-electron chi connectivity index (χ4n) is 3.77. The first-order valence-electron chi connectivity index (χ1n) is 9.98. The number of hydrogen-bond donors (Lipinski definition) is 1. The van der Waals surface area contributed by atoms with Crippen molar-refractivity contribution in [2.45, 2.75) is 13.0 Å². The molecule has 2 heterocycles. The van der Waals surface area contributed by atoms with Gasteiger partial charge in [0.15, 0.2) is 17.3 Å². The molecule has 34 heavy (non-hydrogen) atoms. The standard InChI is InChI=1S/C23H19N3O8/c1-12-10-18(24-34-12)25-20(13-4-7-15(8-5-13)26(30)31)19(22(28)23(25)29)21(27)14-6-9-16(32-2)17(11-14)33-3/h4-11,20,27H,1-3H3. The van der Waals surface area contributed by atoms with Crippen LogP contribution in [0.2, 0.25) is 0 Å². The Kier molecular flexibility index (Phi) is 5.76. The first-order valence-corrected chi connectivity index (χ1v) is 9.98. The van der Waals surface area contributed by atoms with Crippen LogP contribution < -0.4 is 14.4 Å². The van der Waals surface area contributed by atoms with E-state index in [1.54, 1.807) is 13.0 Å². The van der Waals surface area contributed by atoms with Gasteiger partial charge in [0, 0.05) is 23.8 Å². The number of rotatable bonds is 6. The molecule has 1 fully saturated rings. The minimum atomic E-state index is -1.11. The molecule has 1 N–H and O–H groups in total. The summed E-state index contributed by atoms with van der Waals surface area (Å²) in [6.07, 6.45) is 0. The Morgan fingerprint density at radius 3 is 2.32 bits per heavy atom. The number of carbonyl (C=O) groups excluding carboxylic acids is 2. The number of non-ortho nitro benzene ring substituents is 1. The Bertz CT molecular complexity index is 1330. The Morgan fingerprint density at radius 2 is 1.76 bits per heavy atom. The lowest BCUT2D eigenvalue weighted by atomic mass is 9.95. The molecule has 1 unspecified atom stereocenters. The number of amides is 1. The summed E-state index contributed by atoms with van der Waals surface area (Å²) in [5.74, 6) is -1.15. The molecular formula is C23H19N3O8. The van der Waals surface area contributed by atoms with Crippen LogP contribution in [0.15, 0.2) is 58.6 Å². The molecule has 1 atom stereocenters. The highest BCUT2D eigenvalue weighted by Gasteiger charge is 2.48. The van der Waals surface area contributed by atoms with E-state index in [0.29, 0.717) is 22.8 Å². The maximum Gasteiger partial charge on any atom is 0.301 e. The van der Waals surface area contributed by atoms with Gasteiger partial charge >= 0.3 is 5.91 Å². The van der Waals surface area contributed by atoms with Crippen LogP contribution in [0.3, 0.4) is 0 Å². The van der Waals surface area contributed by atoms with Gasteiger partial charge in [0.25, 0.3) is 11.5 Å². The molecule has 1 saturated heterocycles. The highest BCUT2D eigenvalue weighted by molar-refractivity contribution is 6.51. The summed E-state index contributed by atoms with van der Waals surface area (Å²) in [7, 11) is 2.88. The number of Topliss-reactive ketones (excluding diaryl/α,β-unsaturated/α-hetero) is 1. The van der Waals surface area contributed by atoms with Gasteiger partial charge in [-0.3, -0.25) is 24.6 Å². The second kappa shape index (κ2) is 8.70. The Balaban J connectivity index is 1.92. The normalized spacial score (nSPS) is 17.1. The first-order chi connectivity index (χ1) is 16.3. The van der Waals surface area contributed by atoms with Crippen molar-refractivity contribution in [3.05, 3.63) is 81.1 Å². The quantitative estimate of drug-likeness (QED) is 0.190. The monoisotopic (exact) mass is 465 g/mol. The predicted octanol–water partition coefficient (Wildman–Crippen LogP) is 3.53. The molecule has 0 bridgehead atoms. The molecule has 3 aromatic rings. The highest BCUT2D eigenvalue weighted by atomic mass is 16.6. The zero-order chi connectivity index (χ0) is 24.6. The van der Waals surface area contributed by atoms with E-state index in [1.165, 1.54) is 56.7 Å². The summed E-state index contributed by atoms with van der Waals surface area (Å²) >= 11 is 0. The summed E-state index contributed by atoms with van der Waals surface area (Å²) in [6.45, 7) is 1.62. The van der Waals surface area contributed by atoms with Gasteiger partial charge in [-0.25, -0.2) is 0 Å². The molecule has 4 rings (SSSR count). The van der Waals surface area contributed by atoms with E-state index in [4.69, 9.17) is 14.0 Å². The van der Waals surface area contributed by atoms with Crippen LogP contribution in [0.25, 0.3) is 5.76 Å². The molecule has 11 nitrogen and oxygen atoms in total. The number of nitro benzene ring substituents is 1. The van der Waals surface area contributed by atoms with Gasteiger partial charge in [-0.1, -0.05) is 5.16 Å². The average Bonchev–Trinajstić information content (AvgIpc) is 3.38. The van der Waals surface area contributed by atoms with Gasteiger partial charge < -0.3 is 19.1 Å². The molecule has 0 spiro atoms. The lowest BCUT2D eigenvalue weighted by Gasteiger charge is -2.22. The first kappa shape index (κ1) is 22.5. The molecule has 1 amide bonds. The summed E-state index contributed by atoms with van der Waals surface area (Å²) in [4.78, 5) is 37.8. The van der Waals surface area contributed by atoms with E-state index >= 15 is 0 Å². The second-order valence-electron chi connectivity index (χ2n) is 7.38. The summed E-state index contributed by atoms with van der Waals surface area (Å²) in [5.41, 5.74) is 0.177. The average molecular weight is 465 g/mol. The number of methoxy groups -OCH3 is 2. The van der Waals surface area contributed by atoms with E-state index in [9.17, 15) is 24.8 Å². The lowest BCUT2D eigenvalue weighted by molar-refractivity contribution is -0.384. The fraction of sp³-hybridized carbons (Fsp3) is 0.174. The maximum atomic E-state index is 13.1. The summed E-state index contributed by atoms with van der Waals surface area (Å²) in [5, 5.41) is 26.1. The third-order valence-electron chi connectivity index (χ3n) is 5.38. The Hall–Kier alpha value is -4.67. The van der Waals surface area contributed by atoms with Crippen LogP contribution in [0.5, 0.6) is 11.5 Å². The van der Waals surface area contributed by atoms with Gasteiger partial charge in [0.1, 0.15) is 11.5 Å². The highest BCUT2D eigenvalue weighted by Crippen LogP contribution is 2.43. The van der Waals surface area contributed by atoms with Gasteiger partial charge in [-0.15, -0.1) is 0 Å². The molecule has 0 radical (unpaired) electrons. The van der Waals surface area contributed by atoms with Crippen LogP contribution in [-0.2, 0) is 9.59 Å². The van der Waals surface area contributed by atoms with Crippen molar-refractivity contribution in [3.63, 3.8) is 0 Å². The maximum absolute atomic E-state index is 13.1. The number of anilines is 1. The van der Waals surface area contributed by atoms with Crippen LogP contribution in [-0.4, -0.2) is 41.1 Å². The summed E-state index contributed by atoms with van der Waals surface area (Å²) in [6, 6.07) is 10.2. The largest absolute Gasteiger partial charge is 0.507 e. The Morgan fingerprint density at radius 1 is 1.09 bits per heavy atom.